The second kappa shape index (κ2) is 5.15. The lowest BCUT2D eigenvalue weighted by molar-refractivity contribution is -0.136. The van der Waals surface area contributed by atoms with Gasteiger partial charge in [0.25, 0.3) is 0 Å². The third-order valence-electron chi connectivity index (χ3n) is 3.83. The van der Waals surface area contributed by atoms with E-state index in [1.54, 1.807) is 0 Å². The molecule has 2 saturated heterocycles. The molecule has 2 heterocycles. The molecule has 2 atom stereocenters. The Morgan fingerprint density at radius 1 is 1.31 bits per heavy atom. The Morgan fingerprint density at radius 2 is 2.12 bits per heavy atom. The van der Waals surface area contributed by atoms with Gasteiger partial charge in [0, 0.05) is 32.2 Å². The number of hydrogen-bond donors (Lipinski definition) is 1. The lowest BCUT2D eigenvalue weighted by Crippen LogP contribution is -2.42. The lowest BCUT2D eigenvalue weighted by Gasteiger charge is -2.31. The Morgan fingerprint density at radius 3 is 2.75 bits per heavy atom. The Labute approximate surface area is 97.2 Å². The zero-order chi connectivity index (χ0) is 11.5. The molecule has 0 aliphatic carbocycles. The van der Waals surface area contributed by atoms with Crippen molar-refractivity contribution in [1.82, 2.24) is 9.80 Å². The number of nitrogens with zero attached hydrogens (tertiary/aromatic N) is 2. The number of aliphatic hydroxyl groups is 1. The number of aliphatic hydroxyl groups excluding tert-OH is 1. The summed E-state index contributed by atoms with van der Waals surface area (Å²) in [5, 5.41) is 9.07. The normalized spacial score (nSPS) is 32.0. The van der Waals surface area contributed by atoms with Gasteiger partial charge in [0.05, 0.1) is 5.92 Å². The molecule has 1 amide bonds. The fourth-order valence-corrected chi connectivity index (χ4v) is 2.81. The van der Waals surface area contributed by atoms with Crippen LogP contribution in [0.1, 0.15) is 19.3 Å². The van der Waals surface area contributed by atoms with Crippen molar-refractivity contribution < 1.29 is 9.90 Å². The zero-order valence-electron chi connectivity index (χ0n) is 10.1. The molecule has 4 heteroatoms. The molecule has 0 spiro atoms. The van der Waals surface area contributed by atoms with Gasteiger partial charge in [-0.15, -0.1) is 0 Å². The van der Waals surface area contributed by atoms with Gasteiger partial charge in [-0.2, -0.15) is 0 Å². The summed E-state index contributed by atoms with van der Waals surface area (Å²) in [6, 6.07) is 0. The lowest BCUT2D eigenvalue weighted by atomic mass is 9.97. The van der Waals surface area contributed by atoms with Crippen molar-refractivity contribution in [3.05, 3.63) is 0 Å². The van der Waals surface area contributed by atoms with Crippen LogP contribution in [-0.2, 0) is 4.79 Å². The van der Waals surface area contributed by atoms with Gasteiger partial charge in [-0.05, 0) is 32.9 Å². The van der Waals surface area contributed by atoms with Crippen molar-refractivity contribution in [2.75, 3.05) is 39.8 Å². The Hall–Kier alpha value is -0.610. The summed E-state index contributed by atoms with van der Waals surface area (Å²) >= 11 is 0. The number of likely N-dealkylation sites (tertiary alicyclic amines) is 2. The van der Waals surface area contributed by atoms with E-state index in [4.69, 9.17) is 5.11 Å². The van der Waals surface area contributed by atoms with E-state index in [1.807, 2.05) is 4.90 Å². The molecule has 0 aromatic heterocycles. The maximum atomic E-state index is 12.2. The van der Waals surface area contributed by atoms with Gasteiger partial charge in [0.15, 0.2) is 0 Å². The minimum atomic E-state index is 0.191. The number of piperidine rings is 1. The summed E-state index contributed by atoms with van der Waals surface area (Å²) in [4.78, 5) is 16.4. The van der Waals surface area contributed by atoms with Crippen molar-refractivity contribution in [2.24, 2.45) is 11.8 Å². The summed E-state index contributed by atoms with van der Waals surface area (Å²) < 4.78 is 0. The maximum absolute atomic E-state index is 12.2. The Bertz CT molecular complexity index is 257. The second-order valence-corrected chi connectivity index (χ2v) is 5.22. The number of carbonyl (C=O) groups is 1. The number of rotatable bonds is 2. The molecule has 2 aliphatic heterocycles. The van der Waals surface area contributed by atoms with E-state index < -0.39 is 0 Å². The molecule has 92 valence electrons. The van der Waals surface area contributed by atoms with Crippen LogP contribution in [0.2, 0.25) is 0 Å². The van der Waals surface area contributed by atoms with Gasteiger partial charge in [-0.3, -0.25) is 4.79 Å². The standard InChI is InChI=1S/C12H22N2O2/c1-13-5-2-3-11(8-13)12(16)14-6-4-10(7-14)9-15/h10-11,15H,2-9H2,1H3/t10-,11+/m1/s1. The van der Waals surface area contributed by atoms with Gasteiger partial charge >= 0.3 is 0 Å². The van der Waals surface area contributed by atoms with Crippen molar-refractivity contribution in [3.8, 4) is 0 Å². The molecular formula is C12H22N2O2. The van der Waals surface area contributed by atoms with Gasteiger partial charge in [-0.1, -0.05) is 0 Å². The van der Waals surface area contributed by atoms with E-state index in [1.165, 1.54) is 0 Å². The van der Waals surface area contributed by atoms with Crippen LogP contribution in [0, 0.1) is 11.8 Å². The quantitative estimate of drug-likeness (QED) is 0.730. The first kappa shape index (κ1) is 11.9. The van der Waals surface area contributed by atoms with E-state index in [0.717, 1.165) is 45.4 Å². The second-order valence-electron chi connectivity index (χ2n) is 5.22. The predicted molar refractivity (Wildman–Crippen MR) is 62.0 cm³/mol. The van der Waals surface area contributed by atoms with Crippen LogP contribution in [0.4, 0.5) is 0 Å². The molecule has 0 radical (unpaired) electrons. The van der Waals surface area contributed by atoms with Gasteiger partial charge in [0.2, 0.25) is 5.91 Å². The molecule has 2 rings (SSSR count). The molecular weight excluding hydrogens is 204 g/mol. The SMILES string of the molecule is CN1CCC[C@H](C(=O)N2CC[C@@H](CO)C2)C1. The first-order valence-corrected chi connectivity index (χ1v) is 6.29. The van der Waals surface area contributed by atoms with Crippen LogP contribution >= 0.6 is 0 Å². The van der Waals surface area contributed by atoms with Crippen molar-refractivity contribution in [1.29, 1.82) is 0 Å². The Kier molecular flexibility index (Phi) is 3.82. The van der Waals surface area contributed by atoms with Crippen LogP contribution in [0.25, 0.3) is 0 Å². The first-order valence-electron chi connectivity index (χ1n) is 6.29. The van der Waals surface area contributed by atoms with Crippen LogP contribution in [0.3, 0.4) is 0 Å². The predicted octanol–water partition coefficient (Wildman–Crippen LogP) is 0.169. The fraction of sp³-hybridized carbons (Fsp3) is 0.917. The minimum absolute atomic E-state index is 0.191. The topological polar surface area (TPSA) is 43.8 Å². The molecule has 4 nitrogen and oxygen atoms in total. The fourth-order valence-electron chi connectivity index (χ4n) is 2.81. The summed E-state index contributed by atoms with van der Waals surface area (Å²) in [5.74, 6) is 0.809. The molecule has 2 aliphatic rings. The first-order chi connectivity index (χ1) is 7.70. The highest BCUT2D eigenvalue weighted by Gasteiger charge is 2.32. The molecule has 0 saturated carbocycles. The summed E-state index contributed by atoms with van der Waals surface area (Å²) in [5.41, 5.74) is 0. The highest BCUT2D eigenvalue weighted by Crippen LogP contribution is 2.22. The zero-order valence-corrected chi connectivity index (χ0v) is 10.1. The molecule has 0 bridgehead atoms. The largest absolute Gasteiger partial charge is 0.396 e. The molecule has 2 fully saturated rings. The van der Waals surface area contributed by atoms with E-state index in [-0.39, 0.29) is 12.5 Å². The average molecular weight is 226 g/mol. The number of hydrogen-bond acceptors (Lipinski definition) is 3. The van der Waals surface area contributed by atoms with Crippen molar-refractivity contribution >= 4 is 5.91 Å². The molecule has 0 aromatic rings. The monoisotopic (exact) mass is 226 g/mol. The number of carbonyl (C=O) groups excluding carboxylic acids is 1. The van der Waals surface area contributed by atoms with Crippen LogP contribution in [0.15, 0.2) is 0 Å². The van der Waals surface area contributed by atoms with Gasteiger partial charge in [-0.25, -0.2) is 0 Å². The summed E-state index contributed by atoms with van der Waals surface area (Å²) in [6.45, 7) is 3.83. The summed E-state index contributed by atoms with van der Waals surface area (Å²) in [7, 11) is 2.08. The van der Waals surface area contributed by atoms with Crippen LogP contribution < -0.4 is 0 Å². The average Bonchev–Trinajstić information content (AvgIpc) is 2.76. The van der Waals surface area contributed by atoms with Crippen molar-refractivity contribution in [3.63, 3.8) is 0 Å². The summed E-state index contributed by atoms with van der Waals surface area (Å²) in [6.07, 6.45) is 3.12. The van der Waals surface area contributed by atoms with E-state index >= 15 is 0 Å². The number of amides is 1. The highest BCUT2D eigenvalue weighted by atomic mass is 16.3. The van der Waals surface area contributed by atoms with E-state index in [0.29, 0.717) is 11.8 Å². The minimum Gasteiger partial charge on any atom is -0.396 e. The highest BCUT2D eigenvalue weighted by molar-refractivity contribution is 5.79. The van der Waals surface area contributed by atoms with E-state index in [9.17, 15) is 4.79 Å². The van der Waals surface area contributed by atoms with Gasteiger partial charge < -0.3 is 14.9 Å². The maximum Gasteiger partial charge on any atom is 0.226 e. The van der Waals surface area contributed by atoms with Crippen LogP contribution in [-0.4, -0.2) is 60.6 Å². The third kappa shape index (κ3) is 2.55. The molecule has 16 heavy (non-hydrogen) atoms. The molecule has 1 N–H and O–H groups in total. The van der Waals surface area contributed by atoms with Crippen LogP contribution in [0.5, 0.6) is 0 Å². The van der Waals surface area contributed by atoms with Gasteiger partial charge in [0.1, 0.15) is 0 Å². The molecule has 0 unspecified atom stereocenters. The third-order valence-corrected chi connectivity index (χ3v) is 3.83. The smallest absolute Gasteiger partial charge is 0.226 e. The van der Waals surface area contributed by atoms with Crippen molar-refractivity contribution in [2.45, 2.75) is 19.3 Å². The Balaban J connectivity index is 1.87. The van der Waals surface area contributed by atoms with E-state index in [2.05, 4.69) is 11.9 Å². The molecule has 0 aromatic carbocycles.